The van der Waals surface area contributed by atoms with Gasteiger partial charge in [-0.1, -0.05) is 113 Å². The molecule has 0 bridgehead atoms. The van der Waals surface area contributed by atoms with E-state index in [4.69, 9.17) is 0 Å². The second-order valence-electron chi connectivity index (χ2n) is 10.6. The molecule has 182 valence electrons. The van der Waals surface area contributed by atoms with Gasteiger partial charge in [0.25, 0.3) is 0 Å². The van der Waals surface area contributed by atoms with E-state index in [1.807, 2.05) is 11.3 Å². The average molecular weight is 578 g/mol. The van der Waals surface area contributed by atoms with Gasteiger partial charge in [-0.25, -0.2) is 0 Å². The number of hydrogen-bond donors (Lipinski definition) is 0. The molecular weight excluding hydrogens is 556 g/mol. The predicted octanol–water partition coefficient (Wildman–Crippen LogP) is 10.8. The molecule has 0 N–H and O–H groups in total. The summed E-state index contributed by atoms with van der Waals surface area (Å²) in [7, 11) is 0. The molecule has 1 spiro atoms. The average Bonchev–Trinajstić information content (AvgIpc) is 3.46. The summed E-state index contributed by atoms with van der Waals surface area (Å²) in [4.78, 5) is 0. The van der Waals surface area contributed by atoms with E-state index >= 15 is 0 Å². The molecular formula is C37H21BrS. The van der Waals surface area contributed by atoms with E-state index in [2.05, 4.69) is 143 Å². The Labute approximate surface area is 239 Å². The largest absolute Gasteiger partial charge is 0.135 e. The Morgan fingerprint density at radius 1 is 0.410 bits per heavy atom. The number of halogens is 1. The number of fused-ring (bicyclic) bond motifs is 15. The van der Waals surface area contributed by atoms with Crippen molar-refractivity contribution in [3.05, 3.63) is 154 Å². The van der Waals surface area contributed by atoms with Crippen LogP contribution in [0.4, 0.5) is 0 Å². The maximum atomic E-state index is 3.87. The molecule has 1 aromatic heterocycles. The van der Waals surface area contributed by atoms with Gasteiger partial charge in [0.05, 0.1) is 5.41 Å². The van der Waals surface area contributed by atoms with Crippen LogP contribution in [0.1, 0.15) is 22.3 Å². The minimum absolute atomic E-state index is 0.447. The molecule has 0 radical (unpaired) electrons. The highest BCUT2D eigenvalue weighted by Crippen LogP contribution is 2.62. The Kier molecular flexibility index (Phi) is 4.37. The van der Waals surface area contributed by atoms with E-state index in [-0.39, 0.29) is 0 Å². The van der Waals surface area contributed by atoms with Crippen LogP contribution in [-0.4, -0.2) is 0 Å². The Morgan fingerprint density at radius 2 is 0.974 bits per heavy atom. The van der Waals surface area contributed by atoms with Gasteiger partial charge < -0.3 is 0 Å². The van der Waals surface area contributed by atoms with Crippen LogP contribution in [-0.2, 0) is 5.41 Å². The zero-order valence-electron chi connectivity index (χ0n) is 20.9. The van der Waals surface area contributed by atoms with Gasteiger partial charge >= 0.3 is 0 Å². The normalized spacial score (nSPS) is 16.4. The molecule has 0 amide bonds. The van der Waals surface area contributed by atoms with E-state index in [1.54, 1.807) is 0 Å². The number of benzene rings is 6. The summed E-state index contributed by atoms with van der Waals surface area (Å²) in [6.07, 6.45) is 0. The van der Waals surface area contributed by atoms with Gasteiger partial charge in [-0.3, -0.25) is 0 Å². The second-order valence-corrected chi connectivity index (χ2v) is 12.6. The van der Waals surface area contributed by atoms with E-state index < -0.39 is 5.41 Å². The summed E-state index contributed by atoms with van der Waals surface area (Å²) >= 11 is 5.77. The van der Waals surface area contributed by atoms with Gasteiger partial charge in [0, 0.05) is 24.6 Å². The van der Waals surface area contributed by atoms with Crippen molar-refractivity contribution in [3.63, 3.8) is 0 Å². The van der Waals surface area contributed by atoms with Crippen molar-refractivity contribution < 1.29 is 0 Å². The molecule has 0 saturated heterocycles. The summed E-state index contributed by atoms with van der Waals surface area (Å²) in [6, 6.07) is 47.8. The summed E-state index contributed by atoms with van der Waals surface area (Å²) in [5.74, 6) is 0. The van der Waals surface area contributed by atoms with Crippen molar-refractivity contribution in [2.75, 3.05) is 0 Å². The second kappa shape index (κ2) is 7.79. The quantitative estimate of drug-likeness (QED) is 0.168. The lowest BCUT2D eigenvalue weighted by Crippen LogP contribution is -2.29. The topological polar surface area (TPSA) is 0 Å². The minimum atomic E-state index is -0.447. The number of thiophene rings is 1. The first-order chi connectivity index (χ1) is 19.2. The molecule has 2 heteroatoms. The van der Waals surface area contributed by atoms with Crippen LogP contribution in [0.25, 0.3) is 53.6 Å². The van der Waals surface area contributed by atoms with Crippen molar-refractivity contribution >= 4 is 47.4 Å². The van der Waals surface area contributed by atoms with E-state index in [9.17, 15) is 0 Å². The van der Waals surface area contributed by atoms with Crippen LogP contribution in [0.15, 0.2) is 132 Å². The molecule has 7 aromatic rings. The standard InChI is InChI=1S/C37H21BrS/c38-22-17-18-27-24-10-2-1-9-23(24)25-11-3-6-14-31(25)37(33(27)19-22)32-15-7-4-12-26(32)29-21-36-30(20-34(29)37)28-13-5-8-16-35(28)39-36/h1-21H. The fourth-order valence-corrected chi connectivity index (χ4v) is 8.77. The monoisotopic (exact) mass is 576 g/mol. The molecule has 2 aliphatic rings. The van der Waals surface area contributed by atoms with Crippen molar-refractivity contribution in [3.8, 4) is 33.4 Å². The van der Waals surface area contributed by atoms with Crippen molar-refractivity contribution in [2.45, 2.75) is 5.41 Å². The Morgan fingerprint density at radius 3 is 1.72 bits per heavy atom. The first-order valence-electron chi connectivity index (χ1n) is 13.3. The van der Waals surface area contributed by atoms with E-state index in [1.165, 1.54) is 75.8 Å². The Bertz CT molecular complexity index is 2150. The summed E-state index contributed by atoms with van der Waals surface area (Å²) < 4.78 is 3.79. The highest BCUT2D eigenvalue weighted by molar-refractivity contribution is 9.10. The lowest BCUT2D eigenvalue weighted by Gasteiger charge is -2.35. The smallest absolute Gasteiger partial charge is 0.0726 e. The minimum Gasteiger partial charge on any atom is -0.135 e. The van der Waals surface area contributed by atoms with Crippen LogP contribution in [0.2, 0.25) is 0 Å². The molecule has 9 rings (SSSR count). The van der Waals surface area contributed by atoms with E-state index in [0.29, 0.717) is 0 Å². The fourth-order valence-electron chi connectivity index (χ4n) is 7.28. The third-order valence-corrected chi connectivity index (χ3v) is 10.4. The predicted molar refractivity (Wildman–Crippen MR) is 169 cm³/mol. The summed E-state index contributed by atoms with van der Waals surface area (Å²) in [5.41, 5.74) is 12.8. The van der Waals surface area contributed by atoms with Crippen LogP contribution in [0.3, 0.4) is 0 Å². The molecule has 1 unspecified atom stereocenters. The maximum Gasteiger partial charge on any atom is 0.0726 e. The molecule has 0 nitrogen and oxygen atoms in total. The lowest BCUT2D eigenvalue weighted by atomic mass is 9.66. The van der Waals surface area contributed by atoms with Gasteiger partial charge in [-0.2, -0.15) is 0 Å². The molecule has 1 atom stereocenters. The first-order valence-corrected chi connectivity index (χ1v) is 14.9. The molecule has 1 heterocycles. The zero-order valence-corrected chi connectivity index (χ0v) is 23.3. The summed E-state index contributed by atoms with van der Waals surface area (Å²) in [5, 5.41) is 2.68. The van der Waals surface area contributed by atoms with Crippen LogP contribution < -0.4 is 0 Å². The maximum absolute atomic E-state index is 3.87. The lowest BCUT2D eigenvalue weighted by molar-refractivity contribution is 0.776. The Balaban J connectivity index is 1.55. The van der Waals surface area contributed by atoms with Gasteiger partial charge in [0.15, 0.2) is 0 Å². The van der Waals surface area contributed by atoms with Gasteiger partial charge in [-0.05, 0) is 86.0 Å². The van der Waals surface area contributed by atoms with E-state index in [0.717, 1.165) is 4.47 Å². The molecule has 0 aliphatic heterocycles. The van der Waals surface area contributed by atoms with Crippen LogP contribution in [0.5, 0.6) is 0 Å². The molecule has 0 saturated carbocycles. The number of rotatable bonds is 0. The highest BCUT2D eigenvalue weighted by Gasteiger charge is 2.50. The SMILES string of the molecule is Brc1ccc2c(c1)C1(c3ccccc3-c3ccccc3-2)c2ccccc2-c2cc3sc4ccccc4c3cc21. The Hall–Kier alpha value is -3.98. The highest BCUT2D eigenvalue weighted by atomic mass is 79.9. The number of hydrogen-bond acceptors (Lipinski definition) is 1. The van der Waals surface area contributed by atoms with Gasteiger partial charge in [-0.15, -0.1) is 11.3 Å². The summed E-state index contributed by atoms with van der Waals surface area (Å²) in [6.45, 7) is 0. The van der Waals surface area contributed by atoms with Gasteiger partial charge in [0.1, 0.15) is 0 Å². The van der Waals surface area contributed by atoms with Crippen LogP contribution >= 0.6 is 27.3 Å². The fraction of sp³-hybridized carbons (Fsp3) is 0.0270. The zero-order chi connectivity index (χ0) is 25.7. The third kappa shape index (κ3) is 2.73. The molecule has 2 aliphatic carbocycles. The first kappa shape index (κ1) is 21.9. The van der Waals surface area contributed by atoms with Crippen molar-refractivity contribution in [2.24, 2.45) is 0 Å². The van der Waals surface area contributed by atoms with Crippen molar-refractivity contribution in [1.82, 2.24) is 0 Å². The molecule has 39 heavy (non-hydrogen) atoms. The van der Waals surface area contributed by atoms with Gasteiger partial charge in [0.2, 0.25) is 0 Å². The van der Waals surface area contributed by atoms with Crippen LogP contribution in [0, 0.1) is 0 Å². The molecule has 6 aromatic carbocycles. The molecule has 0 fully saturated rings. The third-order valence-electron chi connectivity index (χ3n) is 8.77. The van der Waals surface area contributed by atoms with Crippen molar-refractivity contribution in [1.29, 1.82) is 0 Å².